The molecule has 0 radical (unpaired) electrons. The highest BCUT2D eigenvalue weighted by Crippen LogP contribution is 2.31. The number of halogens is 5. The Bertz CT molecular complexity index is 1340. The van der Waals surface area contributed by atoms with E-state index >= 15 is 0 Å². The van der Waals surface area contributed by atoms with Gasteiger partial charge in [0.25, 0.3) is 0 Å². The molecule has 1 aliphatic rings. The van der Waals surface area contributed by atoms with Crippen LogP contribution in [0.15, 0.2) is 59.8 Å². The van der Waals surface area contributed by atoms with Gasteiger partial charge in [0.1, 0.15) is 11.6 Å². The van der Waals surface area contributed by atoms with Crippen molar-refractivity contribution in [3.63, 3.8) is 0 Å². The number of alkyl halides is 3. The molecule has 2 heterocycles. The van der Waals surface area contributed by atoms with Crippen molar-refractivity contribution in [3.8, 4) is 11.3 Å². The fourth-order valence-corrected chi connectivity index (χ4v) is 5.94. The van der Waals surface area contributed by atoms with Crippen LogP contribution in [-0.4, -0.2) is 41.2 Å². The van der Waals surface area contributed by atoms with Crippen molar-refractivity contribution in [1.29, 1.82) is 0 Å². The number of nitrogens with one attached hydrogen (secondary N) is 1. The van der Waals surface area contributed by atoms with Gasteiger partial charge < -0.3 is 5.32 Å². The molecule has 1 aromatic heterocycles. The van der Waals surface area contributed by atoms with Gasteiger partial charge in [-0.1, -0.05) is 13.8 Å². The lowest BCUT2D eigenvalue weighted by molar-refractivity contribution is -0.141. The maximum atomic E-state index is 13.5. The Labute approximate surface area is 230 Å². The molecule has 1 amide bonds. The summed E-state index contributed by atoms with van der Waals surface area (Å²) in [7, 11) is -3.49. The predicted octanol–water partition coefficient (Wildman–Crippen LogP) is 5.96. The smallest absolute Gasteiger partial charge is 0.355 e. The van der Waals surface area contributed by atoms with E-state index in [9.17, 15) is 35.2 Å². The molecular weight excluding hydrogens is 555 g/mol. The standard InChI is InChI=1S/C13H9F4N3O.C12H16FNO2S.C2H6/c14-10-2-8(4-18-7-21)1-9(3-10)11-5-20-12(6-19-11)13(15,16)17;1-9-3-4-10(2)14(9)17(15,16)12-7-5-11(13)6-8-12;1-2/h1-3,5-7H,4H2,(H,18,21);5-10H,3-4H2,1-2H3;1-2H3/t;9-,10+;. The first-order chi connectivity index (χ1) is 18.8. The van der Waals surface area contributed by atoms with Gasteiger partial charge in [-0.3, -0.25) is 9.78 Å². The molecule has 1 saturated heterocycles. The third-order valence-corrected chi connectivity index (χ3v) is 7.99. The molecule has 1 fully saturated rings. The third-order valence-electron chi connectivity index (χ3n) is 5.85. The van der Waals surface area contributed by atoms with Crippen molar-refractivity contribution in [3.05, 3.63) is 77.8 Å². The molecule has 13 heteroatoms. The van der Waals surface area contributed by atoms with Crippen LogP contribution in [0.25, 0.3) is 11.3 Å². The van der Waals surface area contributed by atoms with Crippen LogP contribution < -0.4 is 5.32 Å². The van der Waals surface area contributed by atoms with Crippen LogP contribution in [0.1, 0.15) is 51.8 Å². The average molecular weight is 587 g/mol. The number of nitrogens with zero attached hydrogens (tertiary/aromatic N) is 3. The SMILES string of the molecule is CC.C[C@@H]1CC[C@H](C)N1S(=O)(=O)c1ccc(F)cc1.O=CNCc1cc(F)cc(-c2cnc(C(F)(F)F)cn2)c1. The highest BCUT2D eigenvalue weighted by atomic mass is 32.2. The maximum absolute atomic E-state index is 13.5. The van der Waals surface area contributed by atoms with E-state index in [1.165, 1.54) is 40.7 Å². The topological polar surface area (TPSA) is 92.3 Å². The minimum absolute atomic E-state index is 0.0139. The normalized spacial score (nSPS) is 17.2. The second-order valence-electron chi connectivity index (χ2n) is 8.70. The van der Waals surface area contributed by atoms with Crippen molar-refractivity contribution >= 4 is 16.4 Å². The zero-order chi connectivity index (χ0) is 30.1. The summed E-state index contributed by atoms with van der Waals surface area (Å²) in [6.07, 6.45) is -0.851. The average Bonchev–Trinajstić information content (AvgIpc) is 3.27. The quantitative estimate of drug-likeness (QED) is 0.284. The molecule has 2 atom stereocenters. The molecular formula is C27H31F5N4O3S. The van der Waals surface area contributed by atoms with Gasteiger partial charge in [0.15, 0.2) is 5.69 Å². The lowest BCUT2D eigenvalue weighted by Gasteiger charge is -2.25. The van der Waals surface area contributed by atoms with E-state index in [2.05, 4.69) is 15.3 Å². The molecule has 0 bridgehead atoms. The zero-order valence-corrected chi connectivity index (χ0v) is 23.2. The molecule has 7 nitrogen and oxygen atoms in total. The highest BCUT2D eigenvalue weighted by molar-refractivity contribution is 7.89. The van der Waals surface area contributed by atoms with Crippen LogP contribution in [0.2, 0.25) is 0 Å². The van der Waals surface area contributed by atoms with E-state index in [-0.39, 0.29) is 34.8 Å². The monoisotopic (exact) mass is 586 g/mol. The molecule has 1 aliphatic heterocycles. The van der Waals surface area contributed by atoms with Gasteiger partial charge in [-0.25, -0.2) is 22.2 Å². The number of benzene rings is 2. The first-order valence-electron chi connectivity index (χ1n) is 12.5. The van der Waals surface area contributed by atoms with Crippen LogP contribution in [0.5, 0.6) is 0 Å². The van der Waals surface area contributed by atoms with Crippen LogP contribution in [0.4, 0.5) is 22.0 Å². The van der Waals surface area contributed by atoms with Crippen molar-refractivity contribution in [2.24, 2.45) is 0 Å². The van der Waals surface area contributed by atoms with Crippen molar-refractivity contribution in [1.82, 2.24) is 19.6 Å². The van der Waals surface area contributed by atoms with Crippen LogP contribution in [0, 0.1) is 11.6 Å². The molecule has 1 N–H and O–H groups in total. The van der Waals surface area contributed by atoms with Gasteiger partial charge in [0, 0.05) is 24.2 Å². The van der Waals surface area contributed by atoms with Gasteiger partial charge >= 0.3 is 6.18 Å². The highest BCUT2D eigenvalue weighted by Gasteiger charge is 2.37. The molecule has 4 rings (SSSR count). The van der Waals surface area contributed by atoms with E-state index in [1.807, 2.05) is 27.7 Å². The lowest BCUT2D eigenvalue weighted by atomic mass is 10.1. The number of carbonyl (C=O) groups excluding carboxylic acids is 1. The fourth-order valence-electron chi connectivity index (χ4n) is 4.06. The number of carbonyl (C=O) groups is 1. The van der Waals surface area contributed by atoms with E-state index in [0.29, 0.717) is 18.2 Å². The van der Waals surface area contributed by atoms with Crippen molar-refractivity contribution in [2.75, 3.05) is 0 Å². The summed E-state index contributed by atoms with van der Waals surface area (Å²) in [5, 5.41) is 2.37. The number of aromatic nitrogens is 2. The maximum Gasteiger partial charge on any atom is 0.434 e. The molecule has 2 aromatic carbocycles. The molecule has 0 aliphatic carbocycles. The first-order valence-corrected chi connectivity index (χ1v) is 13.9. The number of hydrogen-bond donors (Lipinski definition) is 1. The van der Waals surface area contributed by atoms with E-state index in [1.54, 1.807) is 0 Å². The number of amides is 1. The Morgan fingerprint density at radius 1 is 0.950 bits per heavy atom. The minimum atomic E-state index is -4.58. The summed E-state index contributed by atoms with van der Waals surface area (Å²) >= 11 is 0. The van der Waals surface area contributed by atoms with Gasteiger partial charge in [-0.2, -0.15) is 17.5 Å². The Hall–Kier alpha value is -3.45. The summed E-state index contributed by atoms with van der Waals surface area (Å²) in [5.74, 6) is -1.01. The summed E-state index contributed by atoms with van der Waals surface area (Å²) in [6, 6.07) is 8.87. The first kappa shape index (κ1) is 32.8. The Morgan fingerprint density at radius 2 is 1.55 bits per heavy atom. The Morgan fingerprint density at radius 3 is 2.05 bits per heavy atom. The lowest BCUT2D eigenvalue weighted by Crippen LogP contribution is -2.38. The minimum Gasteiger partial charge on any atom is -0.355 e. The predicted molar refractivity (Wildman–Crippen MR) is 140 cm³/mol. The number of hydrogen-bond acceptors (Lipinski definition) is 5. The van der Waals surface area contributed by atoms with E-state index < -0.39 is 33.5 Å². The van der Waals surface area contributed by atoms with Gasteiger partial charge in [0.2, 0.25) is 16.4 Å². The molecule has 40 heavy (non-hydrogen) atoms. The third kappa shape index (κ3) is 8.52. The molecule has 0 saturated carbocycles. The fraction of sp³-hybridized carbons (Fsp3) is 0.370. The number of sulfonamides is 1. The second-order valence-corrected chi connectivity index (χ2v) is 10.5. The summed E-state index contributed by atoms with van der Waals surface area (Å²) < 4.78 is 89.7. The number of rotatable bonds is 6. The Balaban J connectivity index is 0.000000269. The van der Waals surface area contributed by atoms with Crippen LogP contribution in [-0.2, 0) is 27.5 Å². The zero-order valence-electron chi connectivity index (χ0n) is 22.4. The molecule has 0 spiro atoms. The van der Waals surface area contributed by atoms with E-state index in [0.717, 1.165) is 25.1 Å². The largest absolute Gasteiger partial charge is 0.434 e. The van der Waals surface area contributed by atoms with Gasteiger partial charge in [-0.05, 0) is 74.7 Å². The van der Waals surface area contributed by atoms with Gasteiger partial charge in [-0.15, -0.1) is 0 Å². The summed E-state index contributed by atoms with van der Waals surface area (Å²) in [4.78, 5) is 17.3. The van der Waals surface area contributed by atoms with Crippen molar-refractivity contribution in [2.45, 2.75) is 70.2 Å². The van der Waals surface area contributed by atoms with Crippen LogP contribution in [0.3, 0.4) is 0 Å². The molecule has 3 aromatic rings. The van der Waals surface area contributed by atoms with Crippen molar-refractivity contribution < 1.29 is 35.2 Å². The summed E-state index contributed by atoms with van der Waals surface area (Å²) in [5.41, 5.74) is -0.280. The second kappa shape index (κ2) is 14.3. The Kier molecular flexibility index (Phi) is 11.7. The molecule has 0 unspecified atom stereocenters. The molecule has 218 valence electrons. The van der Waals surface area contributed by atoms with Crippen LogP contribution >= 0.6 is 0 Å². The summed E-state index contributed by atoms with van der Waals surface area (Å²) in [6.45, 7) is 7.91. The van der Waals surface area contributed by atoms with E-state index in [4.69, 9.17) is 0 Å². The van der Waals surface area contributed by atoms with Gasteiger partial charge in [0.05, 0.1) is 23.0 Å².